The fraction of sp³-hybridized carbons (Fsp3) is 1.00. The number of rotatable bonds is 14. The predicted molar refractivity (Wildman–Crippen MR) is 78.5 cm³/mol. The zero-order chi connectivity index (χ0) is 15.6. The van der Waals surface area contributed by atoms with Crippen molar-refractivity contribution in [2.75, 3.05) is 60.0 Å². The van der Waals surface area contributed by atoms with E-state index >= 15 is 0 Å². The van der Waals surface area contributed by atoms with Crippen LogP contribution >= 0.6 is 0 Å². The van der Waals surface area contributed by atoms with E-state index in [2.05, 4.69) is 6.92 Å². The van der Waals surface area contributed by atoms with E-state index < -0.39 is 6.10 Å². The molecule has 1 aliphatic rings. The van der Waals surface area contributed by atoms with Gasteiger partial charge in [-0.05, 0) is 13.3 Å². The Morgan fingerprint density at radius 1 is 1.19 bits per heavy atom. The average Bonchev–Trinajstić information content (AvgIpc) is 3.27. The fourth-order valence-corrected chi connectivity index (χ4v) is 1.88. The number of hydrogen-bond donors (Lipinski definition) is 1. The Balaban J connectivity index is 2.37. The molecule has 0 aromatic rings. The zero-order valence-electron chi connectivity index (χ0n) is 13.5. The summed E-state index contributed by atoms with van der Waals surface area (Å²) in [5.41, 5.74) is -0.197. The Labute approximate surface area is 127 Å². The van der Waals surface area contributed by atoms with Gasteiger partial charge in [0.1, 0.15) is 6.10 Å². The molecule has 0 saturated carbocycles. The maximum atomic E-state index is 9.30. The second kappa shape index (κ2) is 10.5. The molecule has 1 N–H and O–H groups in total. The molecule has 3 unspecified atom stereocenters. The molecule has 1 fully saturated rings. The molecule has 6 nitrogen and oxygen atoms in total. The van der Waals surface area contributed by atoms with Crippen LogP contribution in [0.4, 0.5) is 0 Å². The van der Waals surface area contributed by atoms with Crippen LogP contribution in [0, 0.1) is 5.41 Å². The summed E-state index contributed by atoms with van der Waals surface area (Å²) in [5.74, 6) is 0. The van der Waals surface area contributed by atoms with Crippen LogP contribution in [0.1, 0.15) is 20.3 Å². The summed E-state index contributed by atoms with van der Waals surface area (Å²) in [6.07, 6.45) is 0.674. The highest BCUT2D eigenvalue weighted by molar-refractivity contribution is 4.79. The lowest BCUT2D eigenvalue weighted by molar-refractivity contribution is -0.0869. The summed E-state index contributed by atoms with van der Waals surface area (Å²) in [7, 11) is 1.65. The average molecular weight is 306 g/mol. The Morgan fingerprint density at radius 2 is 1.86 bits per heavy atom. The molecular formula is C15H30O6. The van der Waals surface area contributed by atoms with Gasteiger partial charge >= 0.3 is 0 Å². The van der Waals surface area contributed by atoms with Gasteiger partial charge in [-0.15, -0.1) is 0 Å². The van der Waals surface area contributed by atoms with Gasteiger partial charge in [0, 0.05) is 12.5 Å². The Kier molecular flexibility index (Phi) is 9.39. The minimum absolute atomic E-state index is 0.197. The number of ether oxygens (including phenoxy) is 5. The smallest absolute Gasteiger partial charge is 0.104 e. The lowest BCUT2D eigenvalue weighted by atomic mass is 9.88. The highest BCUT2D eigenvalue weighted by Gasteiger charge is 2.31. The maximum absolute atomic E-state index is 9.30. The van der Waals surface area contributed by atoms with E-state index in [1.54, 1.807) is 14.0 Å². The quantitative estimate of drug-likeness (QED) is 0.379. The van der Waals surface area contributed by atoms with Crippen molar-refractivity contribution in [2.24, 2.45) is 5.41 Å². The van der Waals surface area contributed by atoms with E-state index in [4.69, 9.17) is 23.7 Å². The summed E-state index contributed by atoms with van der Waals surface area (Å²) in [6.45, 7) is 8.31. The van der Waals surface area contributed by atoms with Crippen molar-refractivity contribution >= 4 is 0 Å². The Hall–Kier alpha value is -0.240. The SMILES string of the molecule is CCC(COCCOC)(COCC(C)O)COCC1CO1. The van der Waals surface area contributed by atoms with Gasteiger partial charge in [0.2, 0.25) is 0 Å². The summed E-state index contributed by atoms with van der Waals surface area (Å²) >= 11 is 0. The molecule has 0 aliphatic carbocycles. The number of epoxide rings is 1. The van der Waals surface area contributed by atoms with E-state index in [-0.39, 0.29) is 11.5 Å². The maximum Gasteiger partial charge on any atom is 0.104 e. The van der Waals surface area contributed by atoms with Crippen molar-refractivity contribution in [1.29, 1.82) is 0 Å². The largest absolute Gasteiger partial charge is 0.391 e. The van der Waals surface area contributed by atoms with Crippen molar-refractivity contribution in [3.8, 4) is 0 Å². The Bertz CT molecular complexity index is 247. The highest BCUT2D eigenvalue weighted by Crippen LogP contribution is 2.25. The normalized spacial score (nSPS) is 22.0. The van der Waals surface area contributed by atoms with E-state index in [0.29, 0.717) is 46.2 Å². The molecular weight excluding hydrogens is 276 g/mol. The van der Waals surface area contributed by atoms with Crippen molar-refractivity contribution in [1.82, 2.24) is 0 Å². The standard InChI is InChI=1S/C15H30O6/c1-4-15(10-18-6-5-17-3,11-19-7-13(2)16)12-20-8-14-9-21-14/h13-14,16H,4-12H2,1-3H3. The molecule has 6 heteroatoms. The van der Waals surface area contributed by atoms with Gasteiger partial charge in [0.25, 0.3) is 0 Å². The number of aliphatic hydroxyl groups excluding tert-OH is 1. The minimum atomic E-state index is -0.463. The first-order chi connectivity index (χ1) is 10.1. The molecule has 1 heterocycles. The van der Waals surface area contributed by atoms with Gasteiger partial charge in [-0.2, -0.15) is 0 Å². The van der Waals surface area contributed by atoms with Crippen molar-refractivity contribution in [3.63, 3.8) is 0 Å². The molecule has 3 atom stereocenters. The van der Waals surface area contributed by atoms with E-state index in [1.807, 2.05) is 0 Å². The fourth-order valence-electron chi connectivity index (χ4n) is 1.88. The summed E-state index contributed by atoms with van der Waals surface area (Å²) in [4.78, 5) is 0. The molecule has 126 valence electrons. The van der Waals surface area contributed by atoms with Crippen LogP contribution in [0.3, 0.4) is 0 Å². The first-order valence-corrected chi connectivity index (χ1v) is 7.63. The molecule has 1 rings (SSSR count). The molecule has 21 heavy (non-hydrogen) atoms. The molecule has 0 aromatic carbocycles. The molecule has 0 bridgehead atoms. The second-order valence-corrected chi connectivity index (χ2v) is 5.73. The van der Waals surface area contributed by atoms with Gasteiger partial charge in [-0.25, -0.2) is 0 Å². The summed E-state index contributed by atoms with van der Waals surface area (Å²) in [6, 6.07) is 0. The second-order valence-electron chi connectivity index (χ2n) is 5.73. The molecule has 1 aliphatic heterocycles. The Morgan fingerprint density at radius 3 is 2.43 bits per heavy atom. The predicted octanol–water partition coefficient (Wildman–Crippen LogP) is 0.859. The van der Waals surface area contributed by atoms with Crippen molar-refractivity contribution in [3.05, 3.63) is 0 Å². The molecule has 0 aromatic heterocycles. The third-order valence-corrected chi connectivity index (χ3v) is 3.47. The summed E-state index contributed by atoms with van der Waals surface area (Å²) < 4.78 is 27.2. The van der Waals surface area contributed by atoms with Gasteiger partial charge in [0.05, 0.1) is 59.0 Å². The van der Waals surface area contributed by atoms with Crippen LogP contribution in [0.15, 0.2) is 0 Å². The van der Waals surface area contributed by atoms with Crippen LogP contribution in [0.2, 0.25) is 0 Å². The third-order valence-electron chi connectivity index (χ3n) is 3.47. The van der Waals surface area contributed by atoms with E-state index in [0.717, 1.165) is 13.0 Å². The third kappa shape index (κ3) is 8.70. The van der Waals surface area contributed by atoms with Crippen LogP contribution in [0.5, 0.6) is 0 Å². The van der Waals surface area contributed by atoms with Crippen LogP contribution in [-0.2, 0) is 23.7 Å². The molecule has 0 spiro atoms. The lowest BCUT2D eigenvalue weighted by Crippen LogP contribution is -2.38. The zero-order valence-corrected chi connectivity index (χ0v) is 13.5. The number of methoxy groups -OCH3 is 1. The lowest BCUT2D eigenvalue weighted by Gasteiger charge is -2.32. The van der Waals surface area contributed by atoms with Gasteiger partial charge in [-0.3, -0.25) is 0 Å². The number of aliphatic hydroxyl groups is 1. The van der Waals surface area contributed by atoms with Gasteiger partial charge in [-0.1, -0.05) is 6.92 Å². The minimum Gasteiger partial charge on any atom is -0.391 e. The topological polar surface area (TPSA) is 69.7 Å². The van der Waals surface area contributed by atoms with Crippen LogP contribution in [-0.4, -0.2) is 77.3 Å². The van der Waals surface area contributed by atoms with Gasteiger partial charge < -0.3 is 28.8 Å². The monoisotopic (exact) mass is 306 g/mol. The first kappa shape index (κ1) is 18.8. The molecule has 0 amide bonds. The van der Waals surface area contributed by atoms with Crippen molar-refractivity contribution in [2.45, 2.75) is 32.5 Å². The van der Waals surface area contributed by atoms with E-state index in [1.165, 1.54) is 0 Å². The van der Waals surface area contributed by atoms with Crippen LogP contribution < -0.4 is 0 Å². The van der Waals surface area contributed by atoms with Gasteiger partial charge in [0.15, 0.2) is 0 Å². The van der Waals surface area contributed by atoms with Crippen LogP contribution in [0.25, 0.3) is 0 Å². The first-order valence-electron chi connectivity index (χ1n) is 7.63. The highest BCUT2D eigenvalue weighted by atomic mass is 16.6. The number of hydrogen-bond acceptors (Lipinski definition) is 6. The molecule has 0 radical (unpaired) electrons. The van der Waals surface area contributed by atoms with E-state index in [9.17, 15) is 5.11 Å². The van der Waals surface area contributed by atoms with Crippen molar-refractivity contribution < 1.29 is 28.8 Å². The molecule has 1 saturated heterocycles. The summed E-state index contributed by atoms with van der Waals surface area (Å²) in [5, 5.41) is 9.30.